The molecule has 0 bridgehead atoms. The molecule has 0 aliphatic rings. The predicted octanol–water partition coefficient (Wildman–Crippen LogP) is 8.01. The number of rotatable bonds is 15. The van der Waals surface area contributed by atoms with E-state index in [9.17, 15) is 0 Å². The molecule has 0 aliphatic carbocycles. The minimum atomic E-state index is 0.875. The summed E-state index contributed by atoms with van der Waals surface area (Å²) >= 11 is 0. The van der Waals surface area contributed by atoms with E-state index < -0.39 is 0 Å². The molecule has 0 heteroatoms. The fourth-order valence-electron chi connectivity index (χ4n) is 3.38. The Morgan fingerprint density at radius 3 is 1.19 bits per heavy atom. The molecule has 0 aromatic carbocycles. The Labute approximate surface area is 136 Å². The van der Waals surface area contributed by atoms with Crippen LogP contribution in [0, 0.1) is 17.8 Å². The average molecular weight is 297 g/mol. The van der Waals surface area contributed by atoms with Crippen molar-refractivity contribution < 1.29 is 0 Å². The van der Waals surface area contributed by atoms with Crippen molar-refractivity contribution in [1.82, 2.24) is 0 Å². The molecule has 0 radical (unpaired) electrons. The van der Waals surface area contributed by atoms with Crippen molar-refractivity contribution >= 4 is 0 Å². The van der Waals surface area contributed by atoms with Gasteiger partial charge in [-0.2, -0.15) is 0 Å². The third-order valence-electron chi connectivity index (χ3n) is 4.60. The lowest BCUT2D eigenvalue weighted by Gasteiger charge is -2.13. The molecule has 0 rings (SSSR count). The lowest BCUT2D eigenvalue weighted by atomic mass is 9.93. The first-order chi connectivity index (χ1) is 10.0. The normalized spacial score (nSPS) is 13.3. The van der Waals surface area contributed by atoms with Gasteiger partial charge in [-0.1, -0.05) is 112 Å². The highest BCUT2D eigenvalue weighted by Crippen LogP contribution is 2.19. The summed E-state index contributed by atoms with van der Waals surface area (Å²) in [5, 5.41) is 0. The smallest absolute Gasteiger partial charge is 0.0440 e. The molecular formula is C21H44. The maximum atomic E-state index is 2.43. The number of hydrogen-bond acceptors (Lipinski definition) is 0. The van der Waals surface area contributed by atoms with E-state index in [1.807, 2.05) is 0 Å². The predicted molar refractivity (Wildman–Crippen MR) is 98.9 cm³/mol. The van der Waals surface area contributed by atoms with E-state index >= 15 is 0 Å². The summed E-state index contributed by atoms with van der Waals surface area (Å²) in [6, 6.07) is 0. The van der Waals surface area contributed by atoms with Crippen LogP contribution in [0.5, 0.6) is 0 Å². The SMILES string of the molecule is CC(C)CCCCCCCCCCCCC(C)CC(C)C. The second-order valence-electron chi connectivity index (χ2n) is 8.24. The second-order valence-corrected chi connectivity index (χ2v) is 8.24. The molecular weight excluding hydrogens is 252 g/mol. The highest BCUT2D eigenvalue weighted by molar-refractivity contribution is 4.57. The summed E-state index contributed by atoms with van der Waals surface area (Å²) in [6.45, 7) is 11.8. The van der Waals surface area contributed by atoms with Crippen molar-refractivity contribution in [1.29, 1.82) is 0 Å². The van der Waals surface area contributed by atoms with Crippen LogP contribution >= 0.6 is 0 Å². The molecule has 0 aromatic heterocycles. The van der Waals surface area contributed by atoms with Gasteiger partial charge in [-0.3, -0.25) is 0 Å². The lowest BCUT2D eigenvalue weighted by Crippen LogP contribution is -1.99. The van der Waals surface area contributed by atoms with Crippen molar-refractivity contribution in [2.24, 2.45) is 17.8 Å². The molecule has 0 aromatic rings. The Hall–Kier alpha value is 0. The van der Waals surface area contributed by atoms with E-state index in [2.05, 4.69) is 34.6 Å². The Morgan fingerprint density at radius 2 is 0.810 bits per heavy atom. The first kappa shape index (κ1) is 21.0. The molecule has 0 heterocycles. The summed E-state index contributed by atoms with van der Waals surface area (Å²) < 4.78 is 0. The molecule has 0 aliphatic heterocycles. The van der Waals surface area contributed by atoms with Crippen LogP contribution < -0.4 is 0 Å². The van der Waals surface area contributed by atoms with Gasteiger partial charge in [-0.25, -0.2) is 0 Å². The van der Waals surface area contributed by atoms with Crippen LogP contribution in [0.3, 0.4) is 0 Å². The second kappa shape index (κ2) is 14.9. The van der Waals surface area contributed by atoms with Crippen molar-refractivity contribution in [3.05, 3.63) is 0 Å². The molecule has 128 valence electrons. The Morgan fingerprint density at radius 1 is 0.429 bits per heavy atom. The van der Waals surface area contributed by atoms with Crippen LogP contribution in [-0.4, -0.2) is 0 Å². The fraction of sp³-hybridized carbons (Fsp3) is 1.00. The molecule has 21 heavy (non-hydrogen) atoms. The van der Waals surface area contributed by atoms with E-state index in [0.29, 0.717) is 0 Å². The summed E-state index contributed by atoms with van der Waals surface area (Å²) in [5.41, 5.74) is 0. The average Bonchev–Trinajstić information content (AvgIpc) is 2.38. The largest absolute Gasteiger partial charge is 0.0628 e. The highest BCUT2D eigenvalue weighted by Gasteiger charge is 2.04. The molecule has 0 nitrogen and oxygen atoms in total. The summed E-state index contributed by atoms with van der Waals surface area (Å²) in [4.78, 5) is 0. The number of hydrogen-bond donors (Lipinski definition) is 0. The van der Waals surface area contributed by atoms with Crippen LogP contribution in [0.4, 0.5) is 0 Å². The van der Waals surface area contributed by atoms with Gasteiger partial charge in [0.1, 0.15) is 0 Å². The van der Waals surface area contributed by atoms with E-state index in [1.165, 1.54) is 83.5 Å². The summed E-state index contributed by atoms with van der Waals surface area (Å²) in [7, 11) is 0. The van der Waals surface area contributed by atoms with Crippen molar-refractivity contribution in [3.8, 4) is 0 Å². The van der Waals surface area contributed by atoms with E-state index in [-0.39, 0.29) is 0 Å². The van der Waals surface area contributed by atoms with Crippen molar-refractivity contribution in [2.45, 2.75) is 118 Å². The third-order valence-corrected chi connectivity index (χ3v) is 4.60. The molecule has 0 saturated carbocycles. The summed E-state index contributed by atoms with van der Waals surface area (Å²) in [5.74, 6) is 2.71. The minimum Gasteiger partial charge on any atom is -0.0628 e. The maximum Gasteiger partial charge on any atom is -0.0440 e. The quantitative estimate of drug-likeness (QED) is 0.268. The fourth-order valence-corrected chi connectivity index (χ4v) is 3.38. The number of unbranched alkanes of at least 4 members (excludes halogenated alkanes) is 9. The Kier molecular flexibility index (Phi) is 14.9. The van der Waals surface area contributed by atoms with Crippen LogP contribution in [0.15, 0.2) is 0 Å². The van der Waals surface area contributed by atoms with E-state index in [4.69, 9.17) is 0 Å². The van der Waals surface area contributed by atoms with Crippen LogP contribution in [0.25, 0.3) is 0 Å². The summed E-state index contributed by atoms with van der Waals surface area (Å²) in [6.07, 6.45) is 19.0. The van der Waals surface area contributed by atoms with E-state index in [0.717, 1.165) is 17.8 Å². The van der Waals surface area contributed by atoms with Crippen LogP contribution in [-0.2, 0) is 0 Å². The molecule has 0 amide bonds. The van der Waals surface area contributed by atoms with Gasteiger partial charge in [0.15, 0.2) is 0 Å². The van der Waals surface area contributed by atoms with Crippen molar-refractivity contribution in [2.75, 3.05) is 0 Å². The zero-order valence-electron chi connectivity index (χ0n) is 15.9. The monoisotopic (exact) mass is 296 g/mol. The van der Waals surface area contributed by atoms with Crippen LogP contribution in [0.2, 0.25) is 0 Å². The molecule has 0 fully saturated rings. The zero-order chi connectivity index (χ0) is 15.9. The topological polar surface area (TPSA) is 0 Å². The molecule has 0 spiro atoms. The maximum absolute atomic E-state index is 2.43. The minimum absolute atomic E-state index is 0.875. The van der Waals surface area contributed by atoms with Gasteiger partial charge in [-0.05, 0) is 24.2 Å². The van der Waals surface area contributed by atoms with E-state index in [1.54, 1.807) is 0 Å². The van der Waals surface area contributed by atoms with Gasteiger partial charge in [0.2, 0.25) is 0 Å². The Bertz CT molecular complexity index is 192. The molecule has 1 unspecified atom stereocenters. The highest BCUT2D eigenvalue weighted by atomic mass is 14.1. The first-order valence-corrected chi connectivity index (χ1v) is 10.0. The van der Waals surface area contributed by atoms with Gasteiger partial charge >= 0.3 is 0 Å². The van der Waals surface area contributed by atoms with Gasteiger partial charge in [-0.15, -0.1) is 0 Å². The van der Waals surface area contributed by atoms with Gasteiger partial charge in [0, 0.05) is 0 Å². The van der Waals surface area contributed by atoms with Gasteiger partial charge < -0.3 is 0 Å². The van der Waals surface area contributed by atoms with Gasteiger partial charge in [0.25, 0.3) is 0 Å². The molecule has 0 saturated heterocycles. The lowest BCUT2D eigenvalue weighted by molar-refractivity contribution is 0.397. The van der Waals surface area contributed by atoms with Gasteiger partial charge in [0.05, 0.1) is 0 Å². The molecule has 1 atom stereocenters. The zero-order valence-corrected chi connectivity index (χ0v) is 15.9. The van der Waals surface area contributed by atoms with Crippen LogP contribution in [0.1, 0.15) is 118 Å². The standard InChI is InChI=1S/C21H44/c1-19(2)16-14-12-10-8-6-7-9-11-13-15-17-21(5)18-20(3)4/h19-21H,6-18H2,1-5H3. The Balaban J connectivity index is 3.09. The first-order valence-electron chi connectivity index (χ1n) is 10.0. The van der Waals surface area contributed by atoms with Crippen molar-refractivity contribution in [3.63, 3.8) is 0 Å². The third kappa shape index (κ3) is 18.0. The molecule has 0 N–H and O–H groups in total.